The van der Waals surface area contributed by atoms with Crippen molar-refractivity contribution >= 4 is 11.5 Å². The highest BCUT2D eigenvalue weighted by atomic mass is 16.6. The molecule has 0 spiro atoms. The minimum Gasteiger partial charge on any atom is -0.490 e. The number of nitro groups is 1. The Hall–Kier alpha value is -2.18. The fourth-order valence-corrected chi connectivity index (χ4v) is 2.06. The summed E-state index contributed by atoms with van der Waals surface area (Å²) in [4.78, 5) is 22.3. The number of allylic oxidation sites excluding steroid dienone is 1. The number of aromatic nitrogens is 2. The Morgan fingerprint density at radius 1 is 1.56 bits per heavy atom. The first kappa shape index (κ1) is 12.3. The van der Waals surface area contributed by atoms with Crippen molar-refractivity contribution in [1.82, 2.24) is 9.78 Å². The van der Waals surface area contributed by atoms with E-state index in [4.69, 9.17) is 4.74 Å². The van der Waals surface area contributed by atoms with Crippen molar-refractivity contribution < 1.29 is 14.5 Å². The topological polar surface area (TPSA) is 87.3 Å². The monoisotopic (exact) mass is 251 g/mol. The highest BCUT2D eigenvalue weighted by molar-refractivity contribution is 5.97. The minimum absolute atomic E-state index is 0.0678. The quantitative estimate of drug-likeness (QED) is 0.587. The number of ketones is 1. The molecule has 1 aliphatic heterocycles. The Morgan fingerprint density at radius 3 is 2.83 bits per heavy atom. The molecule has 0 radical (unpaired) electrons. The smallest absolute Gasteiger partial charge is 0.314 e. The molecule has 0 N–H and O–H groups in total. The Morgan fingerprint density at radius 2 is 2.22 bits per heavy atom. The van der Waals surface area contributed by atoms with Gasteiger partial charge in [-0.1, -0.05) is 6.92 Å². The summed E-state index contributed by atoms with van der Waals surface area (Å²) in [5.41, 5.74) is 0.697. The van der Waals surface area contributed by atoms with Gasteiger partial charge in [0.05, 0.1) is 17.1 Å². The summed E-state index contributed by atoms with van der Waals surface area (Å²) in [6, 6.07) is 0. The SMILES string of the molecule is CC1=CO[C@H](c2c([N+](=O)[O-])cnn2C)[C@@H](C)C1=O. The van der Waals surface area contributed by atoms with Crippen LogP contribution in [0.1, 0.15) is 25.6 Å². The van der Waals surface area contributed by atoms with Gasteiger partial charge in [0.15, 0.2) is 17.6 Å². The Labute approximate surface area is 103 Å². The van der Waals surface area contributed by atoms with Gasteiger partial charge < -0.3 is 4.74 Å². The Bertz CT molecular complexity index is 546. The van der Waals surface area contributed by atoms with E-state index >= 15 is 0 Å². The van der Waals surface area contributed by atoms with Crippen LogP contribution in [0.3, 0.4) is 0 Å². The van der Waals surface area contributed by atoms with Crippen LogP contribution in [0.15, 0.2) is 18.0 Å². The maximum atomic E-state index is 11.9. The van der Waals surface area contributed by atoms with E-state index < -0.39 is 16.9 Å². The van der Waals surface area contributed by atoms with Crippen LogP contribution < -0.4 is 0 Å². The number of Topliss-reactive ketones (excluding diaryl/α,β-unsaturated/α-hetero) is 1. The average molecular weight is 251 g/mol. The van der Waals surface area contributed by atoms with Crippen LogP contribution >= 0.6 is 0 Å². The van der Waals surface area contributed by atoms with Crippen LogP contribution in [-0.2, 0) is 16.6 Å². The van der Waals surface area contributed by atoms with E-state index in [-0.39, 0.29) is 11.5 Å². The lowest BCUT2D eigenvalue weighted by molar-refractivity contribution is -0.386. The maximum Gasteiger partial charge on any atom is 0.314 e. The molecule has 2 heterocycles. The fourth-order valence-electron chi connectivity index (χ4n) is 2.06. The number of carbonyl (C=O) groups is 1. The number of hydrogen-bond acceptors (Lipinski definition) is 5. The van der Waals surface area contributed by atoms with Crippen LogP contribution in [0.2, 0.25) is 0 Å². The van der Waals surface area contributed by atoms with Gasteiger partial charge in [0.25, 0.3) is 0 Å². The van der Waals surface area contributed by atoms with Crippen molar-refractivity contribution in [3.05, 3.63) is 33.8 Å². The molecule has 1 aromatic heterocycles. The maximum absolute atomic E-state index is 11.9. The van der Waals surface area contributed by atoms with Crippen LogP contribution in [0, 0.1) is 16.0 Å². The summed E-state index contributed by atoms with van der Waals surface area (Å²) >= 11 is 0. The lowest BCUT2D eigenvalue weighted by Gasteiger charge is -2.26. The molecule has 1 aromatic rings. The van der Waals surface area contributed by atoms with Crippen molar-refractivity contribution in [2.24, 2.45) is 13.0 Å². The molecule has 18 heavy (non-hydrogen) atoms. The molecular weight excluding hydrogens is 238 g/mol. The number of nitrogens with zero attached hydrogens (tertiary/aromatic N) is 3. The summed E-state index contributed by atoms with van der Waals surface area (Å²) in [5.74, 6) is -0.536. The summed E-state index contributed by atoms with van der Waals surface area (Å²) in [7, 11) is 1.59. The first-order chi connectivity index (χ1) is 8.43. The van der Waals surface area contributed by atoms with Crippen molar-refractivity contribution in [3.8, 4) is 0 Å². The third-order valence-corrected chi connectivity index (χ3v) is 3.08. The molecule has 2 atom stereocenters. The largest absolute Gasteiger partial charge is 0.490 e. The zero-order chi connectivity index (χ0) is 13.4. The molecule has 0 aliphatic carbocycles. The van der Waals surface area contributed by atoms with Gasteiger partial charge in [0, 0.05) is 12.6 Å². The number of aryl methyl sites for hydroxylation is 1. The van der Waals surface area contributed by atoms with E-state index in [1.54, 1.807) is 20.9 Å². The van der Waals surface area contributed by atoms with Crippen LogP contribution in [0.5, 0.6) is 0 Å². The van der Waals surface area contributed by atoms with Crippen molar-refractivity contribution in [2.75, 3.05) is 0 Å². The lowest BCUT2D eigenvalue weighted by atomic mass is 9.91. The normalized spacial score (nSPS) is 23.5. The third kappa shape index (κ3) is 1.77. The average Bonchev–Trinajstić information content (AvgIpc) is 2.69. The first-order valence-electron chi connectivity index (χ1n) is 5.46. The summed E-state index contributed by atoms with van der Waals surface area (Å²) in [5, 5.41) is 14.8. The van der Waals surface area contributed by atoms with Crippen LogP contribution in [0.25, 0.3) is 0 Å². The van der Waals surface area contributed by atoms with E-state index in [0.717, 1.165) is 0 Å². The van der Waals surface area contributed by atoms with Crippen molar-refractivity contribution in [1.29, 1.82) is 0 Å². The molecule has 0 bridgehead atoms. The zero-order valence-electron chi connectivity index (χ0n) is 10.3. The Balaban J connectivity index is 2.47. The predicted molar refractivity (Wildman–Crippen MR) is 61.6 cm³/mol. The standard InChI is InChI=1S/C11H13N3O4/c1-6-5-18-11(7(2)10(6)15)9-8(14(16)17)4-12-13(9)3/h4-5,7,11H,1-3H3/t7-,11-/m0/s1. The van der Waals surface area contributed by atoms with Gasteiger partial charge in [-0.05, 0) is 6.92 Å². The van der Waals surface area contributed by atoms with Crippen molar-refractivity contribution in [2.45, 2.75) is 20.0 Å². The minimum atomic E-state index is -0.672. The number of hydrogen-bond donors (Lipinski definition) is 0. The van der Waals surface area contributed by atoms with Gasteiger partial charge in [-0.15, -0.1) is 0 Å². The molecule has 0 unspecified atom stereocenters. The van der Waals surface area contributed by atoms with Crippen LogP contribution in [-0.4, -0.2) is 20.5 Å². The molecule has 1 aliphatic rings. The molecular formula is C11H13N3O4. The fraction of sp³-hybridized carbons (Fsp3) is 0.455. The molecule has 7 nitrogen and oxygen atoms in total. The van der Waals surface area contributed by atoms with Gasteiger partial charge in [-0.25, -0.2) is 0 Å². The third-order valence-electron chi connectivity index (χ3n) is 3.08. The molecule has 2 rings (SSSR count). The van der Waals surface area contributed by atoms with E-state index in [9.17, 15) is 14.9 Å². The summed E-state index contributed by atoms with van der Waals surface area (Å²) in [6.07, 6.45) is 1.85. The number of carbonyl (C=O) groups excluding carboxylic acids is 1. The number of ether oxygens (including phenoxy) is 1. The van der Waals surface area contributed by atoms with E-state index in [2.05, 4.69) is 5.10 Å². The molecule has 0 saturated carbocycles. The van der Waals surface area contributed by atoms with Crippen LogP contribution in [0.4, 0.5) is 5.69 Å². The van der Waals surface area contributed by atoms with Crippen molar-refractivity contribution in [3.63, 3.8) is 0 Å². The molecule has 7 heteroatoms. The molecule has 0 amide bonds. The molecule has 96 valence electrons. The Kier molecular flexibility index (Phi) is 2.90. The molecule has 0 aromatic carbocycles. The summed E-state index contributed by atoms with van der Waals surface area (Å²) in [6.45, 7) is 3.35. The second-order valence-electron chi connectivity index (χ2n) is 4.31. The number of rotatable bonds is 2. The van der Waals surface area contributed by atoms with E-state index in [0.29, 0.717) is 11.3 Å². The second-order valence-corrected chi connectivity index (χ2v) is 4.31. The van der Waals surface area contributed by atoms with Gasteiger partial charge >= 0.3 is 5.69 Å². The highest BCUT2D eigenvalue weighted by Gasteiger charge is 2.37. The van der Waals surface area contributed by atoms with E-state index in [1.165, 1.54) is 17.1 Å². The second kappa shape index (κ2) is 4.25. The van der Waals surface area contributed by atoms with Gasteiger partial charge in [-0.2, -0.15) is 5.10 Å². The molecule has 0 fully saturated rings. The van der Waals surface area contributed by atoms with E-state index in [1.807, 2.05) is 0 Å². The summed E-state index contributed by atoms with van der Waals surface area (Å²) < 4.78 is 6.82. The highest BCUT2D eigenvalue weighted by Crippen LogP contribution is 2.36. The lowest BCUT2D eigenvalue weighted by Crippen LogP contribution is -2.27. The van der Waals surface area contributed by atoms with Gasteiger partial charge in [-0.3, -0.25) is 19.6 Å². The first-order valence-corrected chi connectivity index (χ1v) is 5.46. The van der Waals surface area contributed by atoms with Gasteiger partial charge in [0.2, 0.25) is 0 Å². The molecule has 0 saturated heterocycles. The van der Waals surface area contributed by atoms with Gasteiger partial charge in [0.1, 0.15) is 6.20 Å². The zero-order valence-corrected chi connectivity index (χ0v) is 10.3. The predicted octanol–water partition coefficient (Wildman–Crippen LogP) is 1.51.